The highest BCUT2D eigenvalue weighted by Gasteiger charge is 2.30. The van der Waals surface area contributed by atoms with Crippen molar-refractivity contribution in [2.24, 2.45) is 0 Å². The topological polar surface area (TPSA) is 62.8 Å². The summed E-state index contributed by atoms with van der Waals surface area (Å²) in [7, 11) is 3.20. The normalized spacial score (nSPS) is 15.2. The van der Waals surface area contributed by atoms with Crippen molar-refractivity contribution in [2.45, 2.75) is 19.3 Å². The quantitative estimate of drug-likeness (QED) is 0.759. The molecule has 2 rings (SSSR count). The lowest BCUT2D eigenvalue weighted by Gasteiger charge is -2.29. The molecule has 7 heteroatoms. The number of piperazine rings is 1. The van der Waals surface area contributed by atoms with Crippen LogP contribution < -0.4 is 20.1 Å². The Labute approximate surface area is 156 Å². The average molecular weight is 372 g/mol. The molecule has 1 aromatic rings. The molecular formula is C18H30ClN3O3. The zero-order valence-corrected chi connectivity index (χ0v) is 16.4. The number of halogens is 1. The maximum atomic E-state index is 12.6. The molecule has 0 spiro atoms. The fraction of sp³-hybridized carbons (Fsp3) is 0.611. The fourth-order valence-electron chi connectivity index (χ4n) is 2.84. The van der Waals surface area contributed by atoms with E-state index in [4.69, 9.17) is 9.47 Å². The molecule has 1 heterocycles. The summed E-state index contributed by atoms with van der Waals surface area (Å²) in [4.78, 5) is 15.0. The van der Waals surface area contributed by atoms with E-state index in [0.29, 0.717) is 18.0 Å². The molecule has 1 aliphatic heterocycles. The van der Waals surface area contributed by atoms with Gasteiger partial charge in [-0.05, 0) is 31.5 Å². The number of methoxy groups -OCH3 is 2. The Balaban J connectivity index is 0.00000312. The number of nitrogens with one attached hydrogen (secondary N) is 2. The first-order valence-electron chi connectivity index (χ1n) is 8.43. The average Bonchev–Trinajstić information content (AvgIpc) is 2.61. The molecule has 1 aromatic carbocycles. The molecule has 6 nitrogen and oxygen atoms in total. The fourth-order valence-corrected chi connectivity index (χ4v) is 2.84. The number of rotatable bonds is 7. The minimum atomic E-state index is -0.636. The van der Waals surface area contributed by atoms with Crippen LogP contribution in [0.3, 0.4) is 0 Å². The first-order chi connectivity index (χ1) is 11.5. The van der Waals surface area contributed by atoms with Gasteiger partial charge in [0.15, 0.2) is 11.5 Å². The van der Waals surface area contributed by atoms with E-state index in [1.54, 1.807) is 14.2 Å². The van der Waals surface area contributed by atoms with Crippen molar-refractivity contribution in [1.82, 2.24) is 15.5 Å². The Hall–Kier alpha value is -1.50. The second kappa shape index (κ2) is 9.85. The minimum Gasteiger partial charge on any atom is -0.493 e. The van der Waals surface area contributed by atoms with Gasteiger partial charge in [0.05, 0.1) is 19.6 Å². The molecule has 1 amide bonds. The van der Waals surface area contributed by atoms with E-state index >= 15 is 0 Å². The summed E-state index contributed by atoms with van der Waals surface area (Å²) in [6, 6.07) is 5.62. The van der Waals surface area contributed by atoms with Crippen LogP contribution in [0.1, 0.15) is 19.4 Å². The Kier molecular flexibility index (Phi) is 8.48. The van der Waals surface area contributed by atoms with E-state index < -0.39 is 5.41 Å². The molecule has 0 unspecified atom stereocenters. The molecule has 2 N–H and O–H groups in total. The zero-order valence-electron chi connectivity index (χ0n) is 15.6. The van der Waals surface area contributed by atoms with Gasteiger partial charge >= 0.3 is 0 Å². The number of nitrogens with zero attached hydrogens (tertiary/aromatic N) is 1. The van der Waals surface area contributed by atoms with Gasteiger partial charge in [-0.2, -0.15) is 0 Å². The van der Waals surface area contributed by atoms with E-state index in [9.17, 15) is 4.79 Å². The van der Waals surface area contributed by atoms with E-state index in [1.807, 2.05) is 32.0 Å². The third-order valence-corrected chi connectivity index (χ3v) is 4.60. The minimum absolute atomic E-state index is 0. The summed E-state index contributed by atoms with van der Waals surface area (Å²) in [5.74, 6) is 1.32. The molecular weight excluding hydrogens is 342 g/mol. The molecule has 1 fully saturated rings. The molecule has 0 radical (unpaired) electrons. The smallest absolute Gasteiger partial charge is 0.230 e. The Bertz CT molecular complexity index is 560. The van der Waals surface area contributed by atoms with Gasteiger partial charge in [0, 0.05) is 39.3 Å². The number of hydrogen-bond donors (Lipinski definition) is 2. The van der Waals surface area contributed by atoms with Gasteiger partial charge in [0.2, 0.25) is 5.91 Å². The van der Waals surface area contributed by atoms with Gasteiger partial charge in [-0.25, -0.2) is 0 Å². The van der Waals surface area contributed by atoms with Gasteiger partial charge in [0.25, 0.3) is 0 Å². The van der Waals surface area contributed by atoms with Crippen LogP contribution in [-0.2, 0) is 10.2 Å². The van der Waals surface area contributed by atoms with Crippen LogP contribution in [0.5, 0.6) is 11.5 Å². The van der Waals surface area contributed by atoms with Crippen LogP contribution in [0.25, 0.3) is 0 Å². The Morgan fingerprint density at radius 3 is 2.44 bits per heavy atom. The lowest BCUT2D eigenvalue weighted by Crippen LogP contribution is -2.48. The summed E-state index contributed by atoms with van der Waals surface area (Å²) in [6.07, 6.45) is 0. The molecule has 0 atom stereocenters. The van der Waals surface area contributed by atoms with Crippen LogP contribution in [0.2, 0.25) is 0 Å². The van der Waals surface area contributed by atoms with Crippen molar-refractivity contribution in [3.05, 3.63) is 23.8 Å². The van der Waals surface area contributed by atoms with Gasteiger partial charge in [-0.3, -0.25) is 9.69 Å². The summed E-state index contributed by atoms with van der Waals surface area (Å²) in [5, 5.41) is 6.39. The predicted octanol–water partition coefficient (Wildman–Crippen LogP) is 1.42. The number of hydrogen-bond acceptors (Lipinski definition) is 5. The van der Waals surface area contributed by atoms with Crippen molar-refractivity contribution in [1.29, 1.82) is 0 Å². The Morgan fingerprint density at radius 2 is 1.84 bits per heavy atom. The van der Waals surface area contributed by atoms with Crippen molar-refractivity contribution in [3.63, 3.8) is 0 Å². The van der Waals surface area contributed by atoms with Crippen LogP contribution >= 0.6 is 12.4 Å². The molecule has 25 heavy (non-hydrogen) atoms. The van der Waals surface area contributed by atoms with Crippen LogP contribution in [-0.4, -0.2) is 64.3 Å². The predicted molar refractivity (Wildman–Crippen MR) is 102 cm³/mol. The molecule has 1 saturated heterocycles. The van der Waals surface area contributed by atoms with Crippen LogP contribution in [0, 0.1) is 0 Å². The highest BCUT2D eigenvalue weighted by molar-refractivity contribution is 5.87. The highest BCUT2D eigenvalue weighted by Crippen LogP contribution is 2.33. The highest BCUT2D eigenvalue weighted by atomic mass is 35.5. The largest absolute Gasteiger partial charge is 0.493 e. The van der Waals surface area contributed by atoms with E-state index in [-0.39, 0.29) is 18.3 Å². The van der Waals surface area contributed by atoms with Crippen LogP contribution in [0.4, 0.5) is 0 Å². The number of amides is 1. The molecule has 0 aromatic heterocycles. The van der Waals surface area contributed by atoms with Gasteiger partial charge < -0.3 is 20.1 Å². The zero-order chi connectivity index (χ0) is 17.6. The van der Waals surface area contributed by atoms with E-state index in [0.717, 1.165) is 38.3 Å². The van der Waals surface area contributed by atoms with Crippen LogP contribution in [0.15, 0.2) is 18.2 Å². The standard InChI is InChI=1S/C18H29N3O3.ClH/c1-18(2,14-5-6-15(23-3)16(13-14)24-4)17(22)20-9-12-21-10-7-19-8-11-21;/h5-6,13,19H,7-12H2,1-4H3,(H,20,22);1H. The lowest BCUT2D eigenvalue weighted by molar-refractivity contribution is -0.125. The van der Waals surface area contributed by atoms with Crippen molar-refractivity contribution >= 4 is 18.3 Å². The molecule has 0 bridgehead atoms. The molecule has 0 aliphatic carbocycles. The van der Waals surface area contributed by atoms with Crippen molar-refractivity contribution in [3.8, 4) is 11.5 Å². The summed E-state index contributed by atoms with van der Waals surface area (Å²) < 4.78 is 10.6. The second-order valence-corrected chi connectivity index (χ2v) is 6.54. The number of carbonyl (C=O) groups is 1. The van der Waals surface area contributed by atoms with Gasteiger partial charge in [-0.15, -0.1) is 12.4 Å². The van der Waals surface area contributed by atoms with E-state index in [2.05, 4.69) is 15.5 Å². The number of carbonyl (C=O) groups excluding carboxylic acids is 1. The number of benzene rings is 1. The van der Waals surface area contributed by atoms with Crippen molar-refractivity contribution < 1.29 is 14.3 Å². The van der Waals surface area contributed by atoms with Gasteiger partial charge in [-0.1, -0.05) is 6.07 Å². The van der Waals surface area contributed by atoms with Crippen molar-refractivity contribution in [2.75, 3.05) is 53.5 Å². The summed E-state index contributed by atoms with van der Waals surface area (Å²) in [5.41, 5.74) is 0.267. The maximum Gasteiger partial charge on any atom is 0.230 e. The second-order valence-electron chi connectivity index (χ2n) is 6.54. The lowest BCUT2D eigenvalue weighted by atomic mass is 9.83. The third-order valence-electron chi connectivity index (χ3n) is 4.60. The Morgan fingerprint density at radius 1 is 1.20 bits per heavy atom. The first kappa shape index (κ1) is 21.5. The molecule has 1 aliphatic rings. The maximum absolute atomic E-state index is 12.6. The number of ether oxygens (including phenoxy) is 2. The third kappa shape index (κ3) is 5.49. The first-order valence-corrected chi connectivity index (χ1v) is 8.43. The monoisotopic (exact) mass is 371 g/mol. The summed E-state index contributed by atoms with van der Waals surface area (Å²) in [6.45, 7) is 9.51. The van der Waals surface area contributed by atoms with E-state index in [1.165, 1.54) is 0 Å². The molecule has 142 valence electrons. The molecule has 0 saturated carbocycles. The SMILES string of the molecule is COc1ccc(C(C)(C)C(=O)NCCN2CCNCC2)cc1OC.Cl. The van der Waals surface area contributed by atoms with Gasteiger partial charge in [0.1, 0.15) is 0 Å². The summed E-state index contributed by atoms with van der Waals surface area (Å²) >= 11 is 0.